The van der Waals surface area contributed by atoms with Crippen LogP contribution in [0.3, 0.4) is 0 Å². The first-order valence-electron chi connectivity index (χ1n) is 9.92. The highest BCUT2D eigenvalue weighted by Gasteiger charge is 2.15. The minimum atomic E-state index is -3.27. The fourth-order valence-corrected chi connectivity index (χ4v) is 4.07. The summed E-state index contributed by atoms with van der Waals surface area (Å²) in [6, 6.07) is 21.1. The second-order valence-electron chi connectivity index (χ2n) is 7.35. The molecule has 0 aromatic heterocycles. The number of phenols is 2. The Balaban J connectivity index is 2.25. The van der Waals surface area contributed by atoms with Gasteiger partial charge in [-0.1, -0.05) is 49.7 Å². The topological polar surface area (TPSA) is 74.6 Å². The highest BCUT2D eigenvalue weighted by Crippen LogP contribution is 2.36. The average molecular weight is 423 g/mol. The summed E-state index contributed by atoms with van der Waals surface area (Å²) in [7, 11) is -3.27. The van der Waals surface area contributed by atoms with Gasteiger partial charge in [-0.25, -0.2) is 8.42 Å². The van der Waals surface area contributed by atoms with Crippen LogP contribution in [0.2, 0.25) is 0 Å². The van der Waals surface area contributed by atoms with Gasteiger partial charge in [0.1, 0.15) is 11.5 Å². The largest absolute Gasteiger partial charge is 0.508 e. The standard InChI is InChI=1S/C25H26O4S/c1-3-4-5-24(18-10-16-23(17-11-18)30(2,28)29)25(19-6-12-21(26)13-7-19)20-8-14-22(27)15-9-20/h6-17,26-27H,3-5H2,1-2H3. The number of allylic oxidation sites excluding steroid dienone is 1. The van der Waals surface area contributed by atoms with E-state index in [0.717, 1.165) is 47.1 Å². The van der Waals surface area contributed by atoms with E-state index in [1.165, 1.54) is 6.26 Å². The van der Waals surface area contributed by atoms with Gasteiger partial charge in [0.2, 0.25) is 0 Å². The van der Waals surface area contributed by atoms with Crippen LogP contribution in [0.25, 0.3) is 11.1 Å². The Kier molecular flexibility index (Phi) is 6.63. The third kappa shape index (κ3) is 5.10. The molecule has 0 saturated carbocycles. The van der Waals surface area contributed by atoms with Crippen LogP contribution in [0, 0.1) is 0 Å². The first kappa shape index (κ1) is 21.7. The summed E-state index contributed by atoms with van der Waals surface area (Å²) in [5.41, 5.74) is 4.92. The minimum Gasteiger partial charge on any atom is -0.508 e. The van der Waals surface area contributed by atoms with E-state index in [0.29, 0.717) is 0 Å². The Morgan fingerprint density at radius 1 is 0.733 bits per heavy atom. The van der Waals surface area contributed by atoms with E-state index in [2.05, 4.69) is 6.92 Å². The summed E-state index contributed by atoms with van der Waals surface area (Å²) < 4.78 is 23.7. The van der Waals surface area contributed by atoms with Crippen LogP contribution in [-0.4, -0.2) is 24.9 Å². The van der Waals surface area contributed by atoms with Gasteiger partial charge in [-0.2, -0.15) is 0 Å². The smallest absolute Gasteiger partial charge is 0.175 e. The number of sulfone groups is 1. The molecule has 4 nitrogen and oxygen atoms in total. The molecule has 2 N–H and O–H groups in total. The highest BCUT2D eigenvalue weighted by atomic mass is 32.2. The molecule has 0 aliphatic carbocycles. The molecule has 0 saturated heterocycles. The second-order valence-corrected chi connectivity index (χ2v) is 9.36. The van der Waals surface area contributed by atoms with E-state index in [4.69, 9.17) is 0 Å². The molecule has 0 spiro atoms. The van der Waals surface area contributed by atoms with E-state index < -0.39 is 9.84 Å². The summed E-state index contributed by atoms with van der Waals surface area (Å²) in [6.07, 6.45) is 4.01. The predicted octanol–water partition coefficient (Wildman–Crippen LogP) is 5.65. The van der Waals surface area contributed by atoms with E-state index in [1.807, 2.05) is 36.4 Å². The van der Waals surface area contributed by atoms with E-state index >= 15 is 0 Å². The van der Waals surface area contributed by atoms with Crippen LogP contribution in [0.5, 0.6) is 11.5 Å². The first-order chi connectivity index (χ1) is 14.3. The molecule has 0 fully saturated rings. The van der Waals surface area contributed by atoms with Gasteiger partial charge in [0.15, 0.2) is 9.84 Å². The normalized spacial score (nSPS) is 11.3. The Morgan fingerprint density at radius 2 is 1.17 bits per heavy atom. The van der Waals surface area contributed by atoms with Crippen LogP contribution in [0.4, 0.5) is 0 Å². The van der Waals surface area contributed by atoms with E-state index in [1.54, 1.807) is 36.4 Å². The highest BCUT2D eigenvalue weighted by molar-refractivity contribution is 7.90. The van der Waals surface area contributed by atoms with Crippen LogP contribution < -0.4 is 0 Å². The second kappa shape index (κ2) is 9.18. The minimum absolute atomic E-state index is 0.191. The fourth-order valence-electron chi connectivity index (χ4n) is 3.44. The van der Waals surface area contributed by atoms with Crippen molar-refractivity contribution >= 4 is 21.0 Å². The van der Waals surface area contributed by atoms with Gasteiger partial charge >= 0.3 is 0 Å². The zero-order chi connectivity index (χ0) is 21.7. The number of rotatable bonds is 7. The third-order valence-electron chi connectivity index (χ3n) is 5.02. The van der Waals surface area contributed by atoms with E-state index in [-0.39, 0.29) is 16.4 Å². The zero-order valence-corrected chi connectivity index (χ0v) is 18.0. The summed E-state index contributed by atoms with van der Waals surface area (Å²) in [6.45, 7) is 2.13. The molecule has 30 heavy (non-hydrogen) atoms. The van der Waals surface area contributed by atoms with Crippen molar-refractivity contribution in [3.63, 3.8) is 0 Å². The molecule has 0 aliphatic heterocycles. The maximum Gasteiger partial charge on any atom is 0.175 e. The van der Waals surface area contributed by atoms with Crippen molar-refractivity contribution in [2.75, 3.05) is 6.26 Å². The fraction of sp³-hybridized carbons (Fsp3) is 0.200. The number of hydrogen-bond donors (Lipinski definition) is 2. The van der Waals surface area contributed by atoms with Crippen LogP contribution in [0.15, 0.2) is 77.7 Å². The van der Waals surface area contributed by atoms with Crippen molar-refractivity contribution < 1.29 is 18.6 Å². The molecule has 0 amide bonds. The monoisotopic (exact) mass is 422 g/mol. The summed E-state index contributed by atoms with van der Waals surface area (Å²) in [5.74, 6) is 0.382. The van der Waals surface area contributed by atoms with Gasteiger partial charge < -0.3 is 10.2 Å². The molecule has 156 valence electrons. The van der Waals surface area contributed by atoms with E-state index in [9.17, 15) is 18.6 Å². The van der Waals surface area contributed by atoms with Crippen LogP contribution in [0.1, 0.15) is 42.9 Å². The Labute approximate surface area is 178 Å². The van der Waals surface area contributed by atoms with Crippen molar-refractivity contribution in [1.29, 1.82) is 0 Å². The maximum absolute atomic E-state index is 11.9. The Bertz CT molecular complexity index is 1080. The summed E-state index contributed by atoms with van der Waals surface area (Å²) in [5, 5.41) is 19.5. The van der Waals surface area contributed by atoms with Gasteiger partial charge in [0, 0.05) is 6.26 Å². The van der Waals surface area contributed by atoms with Gasteiger partial charge in [0.05, 0.1) is 4.90 Å². The van der Waals surface area contributed by atoms with Crippen molar-refractivity contribution in [2.45, 2.75) is 31.1 Å². The van der Waals surface area contributed by atoms with Crippen LogP contribution in [-0.2, 0) is 9.84 Å². The molecule has 0 heterocycles. The van der Waals surface area contributed by atoms with Crippen molar-refractivity contribution in [1.82, 2.24) is 0 Å². The molecule has 5 heteroatoms. The number of unbranched alkanes of at least 4 members (excludes halogenated alkanes) is 1. The van der Waals surface area contributed by atoms with Crippen molar-refractivity contribution in [2.24, 2.45) is 0 Å². The van der Waals surface area contributed by atoms with Gasteiger partial charge in [0.25, 0.3) is 0 Å². The number of phenolic OH excluding ortho intramolecular Hbond substituents is 2. The molecular weight excluding hydrogens is 396 g/mol. The van der Waals surface area contributed by atoms with Crippen molar-refractivity contribution in [3.8, 4) is 11.5 Å². The Morgan fingerprint density at radius 3 is 1.57 bits per heavy atom. The first-order valence-corrected chi connectivity index (χ1v) is 11.8. The van der Waals surface area contributed by atoms with Gasteiger partial charge in [-0.05, 0) is 77.1 Å². The molecule has 3 aromatic carbocycles. The van der Waals surface area contributed by atoms with Gasteiger partial charge in [-0.3, -0.25) is 0 Å². The average Bonchev–Trinajstić information content (AvgIpc) is 2.72. The zero-order valence-electron chi connectivity index (χ0n) is 17.2. The molecule has 0 atom stereocenters. The lowest BCUT2D eigenvalue weighted by Crippen LogP contribution is -1.99. The number of hydrogen-bond acceptors (Lipinski definition) is 4. The molecule has 0 radical (unpaired) electrons. The van der Waals surface area contributed by atoms with Crippen LogP contribution >= 0.6 is 0 Å². The predicted molar refractivity (Wildman–Crippen MR) is 121 cm³/mol. The molecule has 0 unspecified atom stereocenters. The maximum atomic E-state index is 11.9. The molecule has 3 aromatic rings. The molecule has 0 bridgehead atoms. The quantitative estimate of drug-likeness (QED) is 0.483. The number of benzene rings is 3. The lowest BCUT2D eigenvalue weighted by Gasteiger charge is -2.18. The Hall–Kier alpha value is -3.05. The lowest BCUT2D eigenvalue weighted by molar-refractivity contribution is 0.475. The number of aromatic hydroxyl groups is 2. The summed E-state index contributed by atoms with van der Waals surface area (Å²) >= 11 is 0. The SMILES string of the molecule is CCCCC(=C(c1ccc(O)cc1)c1ccc(O)cc1)c1ccc(S(C)(=O)=O)cc1. The third-order valence-corrected chi connectivity index (χ3v) is 6.15. The molecule has 0 aliphatic rings. The summed E-state index contributed by atoms with van der Waals surface area (Å²) in [4.78, 5) is 0.289. The van der Waals surface area contributed by atoms with Crippen molar-refractivity contribution in [3.05, 3.63) is 89.5 Å². The lowest BCUT2D eigenvalue weighted by atomic mass is 9.87. The van der Waals surface area contributed by atoms with Gasteiger partial charge in [-0.15, -0.1) is 0 Å². The molecular formula is C25H26O4S. The molecule has 3 rings (SSSR count).